The lowest BCUT2D eigenvalue weighted by Crippen LogP contribution is -2.45. The zero-order valence-electron chi connectivity index (χ0n) is 12.3. The van der Waals surface area contributed by atoms with Gasteiger partial charge in [-0.15, -0.1) is 0 Å². The Morgan fingerprint density at radius 2 is 1.80 bits per heavy atom. The summed E-state index contributed by atoms with van der Waals surface area (Å²) in [6, 6.07) is -0.120. The molecule has 1 atom stereocenters. The van der Waals surface area contributed by atoms with Gasteiger partial charge >= 0.3 is 5.97 Å². The number of carboxylic acid groups (broad SMARTS) is 1. The number of carbonyl (C=O) groups excluding carboxylic acids is 1. The highest BCUT2D eigenvalue weighted by Gasteiger charge is 2.27. The second-order valence-electron chi connectivity index (χ2n) is 6.22. The highest BCUT2D eigenvalue weighted by molar-refractivity contribution is 5.81. The van der Waals surface area contributed by atoms with Gasteiger partial charge in [0.15, 0.2) is 0 Å². The predicted molar refractivity (Wildman–Crippen MR) is 76.4 cm³/mol. The maximum atomic E-state index is 12.1. The van der Waals surface area contributed by atoms with Gasteiger partial charge in [0.1, 0.15) is 0 Å². The topological polar surface area (TPSA) is 69.6 Å². The maximum Gasteiger partial charge on any atom is 0.306 e. The number of carboxylic acids is 1. The Hall–Kier alpha value is -1.10. The summed E-state index contributed by atoms with van der Waals surface area (Å²) in [7, 11) is 0. The minimum Gasteiger partial charge on any atom is -0.481 e. The first-order chi connectivity index (χ1) is 9.58. The third-order valence-electron chi connectivity index (χ3n) is 4.70. The molecular formula is C15H26N2O3. The number of likely N-dealkylation sites (tertiary alicyclic amines) is 1. The number of nitrogens with one attached hydrogen (secondary N) is 1. The first-order valence-electron chi connectivity index (χ1n) is 7.83. The van der Waals surface area contributed by atoms with Crippen molar-refractivity contribution in [3.8, 4) is 0 Å². The van der Waals surface area contributed by atoms with Gasteiger partial charge in [-0.25, -0.2) is 0 Å². The molecule has 2 N–H and O–H groups in total. The SMILES string of the molecule is CC(NCC1CCC(C(=O)O)CC1)C(=O)N1CCCC1. The van der Waals surface area contributed by atoms with Crippen LogP contribution in [-0.2, 0) is 9.59 Å². The zero-order valence-corrected chi connectivity index (χ0v) is 12.3. The molecule has 0 radical (unpaired) electrons. The van der Waals surface area contributed by atoms with E-state index in [0.717, 1.165) is 58.2 Å². The van der Waals surface area contributed by atoms with E-state index in [1.807, 2.05) is 11.8 Å². The molecule has 1 aliphatic heterocycles. The van der Waals surface area contributed by atoms with Gasteiger partial charge in [-0.3, -0.25) is 9.59 Å². The van der Waals surface area contributed by atoms with E-state index >= 15 is 0 Å². The van der Waals surface area contributed by atoms with Crippen LogP contribution in [0.15, 0.2) is 0 Å². The van der Waals surface area contributed by atoms with Crippen molar-refractivity contribution in [1.29, 1.82) is 0 Å². The van der Waals surface area contributed by atoms with Gasteiger partial charge in [-0.2, -0.15) is 0 Å². The Balaban J connectivity index is 1.67. The van der Waals surface area contributed by atoms with Gasteiger partial charge in [-0.05, 0) is 57.9 Å². The molecule has 1 unspecified atom stereocenters. The number of carbonyl (C=O) groups is 2. The Morgan fingerprint density at radius 1 is 1.20 bits per heavy atom. The second-order valence-corrected chi connectivity index (χ2v) is 6.22. The molecule has 0 bridgehead atoms. The van der Waals surface area contributed by atoms with Crippen LogP contribution in [0.1, 0.15) is 45.4 Å². The molecule has 0 aromatic carbocycles. The average molecular weight is 282 g/mol. The van der Waals surface area contributed by atoms with Crippen molar-refractivity contribution < 1.29 is 14.7 Å². The Kier molecular flexibility index (Phi) is 5.40. The van der Waals surface area contributed by atoms with Crippen LogP contribution in [0.4, 0.5) is 0 Å². The number of amides is 1. The minimum atomic E-state index is -0.658. The van der Waals surface area contributed by atoms with Crippen molar-refractivity contribution in [2.24, 2.45) is 11.8 Å². The minimum absolute atomic E-state index is 0.120. The lowest BCUT2D eigenvalue weighted by molar-refractivity contribution is -0.143. The molecule has 114 valence electrons. The summed E-state index contributed by atoms with van der Waals surface area (Å²) in [4.78, 5) is 25.0. The van der Waals surface area contributed by atoms with Crippen molar-refractivity contribution in [2.45, 2.75) is 51.5 Å². The second kappa shape index (κ2) is 7.07. The van der Waals surface area contributed by atoms with Crippen LogP contribution in [0.25, 0.3) is 0 Å². The van der Waals surface area contributed by atoms with E-state index in [4.69, 9.17) is 5.11 Å². The lowest BCUT2D eigenvalue weighted by Gasteiger charge is -2.28. The number of aliphatic carboxylic acids is 1. The fraction of sp³-hybridized carbons (Fsp3) is 0.867. The van der Waals surface area contributed by atoms with Crippen molar-refractivity contribution in [3.63, 3.8) is 0 Å². The number of rotatable bonds is 5. The summed E-state index contributed by atoms with van der Waals surface area (Å²) < 4.78 is 0. The molecule has 20 heavy (non-hydrogen) atoms. The maximum absolute atomic E-state index is 12.1. The van der Waals surface area contributed by atoms with Crippen molar-refractivity contribution in [1.82, 2.24) is 10.2 Å². The van der Waals surface area contributed by atoms with Gasteiger partial charge in [0, 0.05) is 13.1 Å². The standard InChI is InChI=1S/C15H26N2O3/c1-11(14(18)17-8-2-3-9-17)16-10-12-4-6-13(7-5-12)15(19)20/h11-13,16H,2-10H2,1H3,(H,19,20). The highest BCUT2D eigenvalue weighted by Crippen LogP contribution is 2.28. The fourth-order valence-electron chi connectivity index (χ4n) is 3.26. The molecule has 0 aromatic heterocycles. The molecular weight excluding hydrogens is 256 g/mol. The largest absolute Gasteiger partial charge is 0.481 e. The lowest BCUT2D eigenvalue weighted by atomic mass is 9.82. The van der Waals surface area contributed by atoms with E-state index in [9.17, 15) is 9.59 Å². The van der Waals surface area contributed by atoms with Crippen molar-refractivity contribution in [3.05, 3.63) is 0 Å². The predicted octanol–water partition coefficient (Wildman–Crippen LogP) is 1.48. The van der Waals surface area contributed by atoms with Crippen molar-refractivity contribution >= 4 is 11.9 Å². The smallest absolute Gasteiger partial charge is 0.306 e. The molecule has 1 amide bonds. The third kappa shape index (κ3) is 3.95. The summed E-state index contributed by atoms with van der Waals surface area (Å²) in [5, 5.41) is 12.3. The first kappa shape index (κ1) is 15.3. The molecule has 0 aromatic rings. The molecule has 1 aliphatic carbocycles. The van der Waals surface area contributed by atoms with Crippen LogP contribution < -0.4 is 5.32 Å². The molecule has 5 nitrogen and oxygen atoms in total. The van der Waals surface area contributed by atoms with E-state index in [2.05, 4.69) is 5.32 Å². The number of hydrogen-bond acceptors (Lipinski definition) is 3. The third-order valence-corrected chi connectivity index (χ3v) is 4.70. The van der Waals surface area contributed by atoms with Crippen molar-refractivity contribution in [2.75, 3.05) is 19.6 Å². The summed E-state index contributed by atoms with van der Waals surface area (Å²) >= 11 is 0. The Labute approximate surface area is 120 Å². The molecule has 1 saturated carbocycles. The molecule has 0 spiro atoms. The van der Waals surface area contributed by atoms with E-state index < -0.39 is 5.97 Å². The summed E-state index contributed by atoms with van der Waals surface area (Å²) in [6.07, 6.45) is 5.70. The normalized spacial score (nSPS) is 28.4. The van der Waals surface area contributed by atoms with E-state index in [1.54, 1.807) is 0 Å². The molecule has 1 heterocycles. The van der Waals surface area contributed by atoms with Crippen LogP contribution >= 0.6 is 0 Å². The summed E-state index contributed by atoms with van der Waals surface area (Å²) in [5.41, 5.74) is 0. The summed E-state index contributed by atoms with van der Waals surface area (Å²) in [5.74, 6) is -0.0926. The first-order valence-corrected chi connectivity index (χ1v) is 7.83. The quantitative estimate of drug-likeness (QED) is 0.801. The van der Waals surface area contributed by atoms with Crippen LogP contribution in [0.5, 0.6) is 0 Å². The van der Waals surface area contributed by atoms with Gasteiger partial charge in [0.05, 0.1) is 12.0 Å². The fourth-order valence-corrected chi connectivity index (χ4v) is 3.26. The van der Waals surface area contributed by atoms with Gasteiger partial charge < -0.3 is 15.3 Å². The number of nitrogens with zero attached hydrogens (tertiary/aromatic N) is 1. The van der Waals surface area contributed by atoms with E-state index in [0.29, 0.717) is 5.92 Å². The van der Waals surface area contributed by atoms with Crippen LogP contribution in [0.2, 0.25) is 0 Å². The van der Waals surface area contributed by atoms with Crippen LogP contribution in [0, 0.1) is 11.8 Å². The summed E-state index contributed by atoms with van der Waals surface area (Å²) in [6.45, 7) is 4.56. The van der Waals surface area contributed by atoms with Crippen LogP contribution in [-0.4, -0.2) is 47.6 Å². The average Bonchev–Trinajstić information content (AvgIpc) is 2.98. The van der Waals surface area contributed by atoms with Gasteiger partial charge in [0.25, 0.3) is 0 Å². The molecule has 2 fully saturated rings. The molecule has 2 rings (SSSR count). The number of hydrogen-bond donors (Lipinski definition) is 2. The highest BCUT2D eigenvalue weighted by atomic mass is 16.4. The molecule has 1 saturated heterocycles. The molecule has 5 heteroatoms. The Morgan fingerprint density at radius 3 is 2.35 bits per heavy atom. The molecule has 2 aliphatic rings. The monoisotopic (exact) mass is 282 g/mol. The van der Waals surface area contributed by atoms with Gasteiger partial charge in [0.2, 0.25) is 5.91 Å². The van der Waals surface area contributed by atoms with E-state index in [-0.39, 0.29) is 17.9 Å². The van der Waals surface area contributed by atoms with Gasteiger partial charge in [-0.1, -0.05) is 0 Å². The van der Waals surface area contributed by atoms with Crippen LogP contribution in [0.3, 0.4) is 0 Å². The Bertz CT molecular complexity index is 345. The van der Waals surface area contributed by atoms with E-state index in [1.165, 1.54) is 0 Å². The zero-order chi connectivity index (χ0) is 14.5.